The van der Waals surface area contributed by atoms with Crippen LogP contribution in [-0.2, 0) is 0 Å². The molecular weight excluding hydrogens is 314 g/mol. The van der Waals surface area contributed by atoms with E-state index in [1.807, 2.05) is 12.1 Å². The molecule has 1 N–H and O–H groups in total. The van der Waals surface area contributed by atoms with Crippen molar-refractivity contribution in [2.75, 3.05) is 24.5 Å². The van der Waals surface area contributed by atoms with Gasteiger partial charge in [0, 0.05) is 17.1 Å². The molecule has 1 aliphatic rings. The van der Waals surface area contributed by atoms with Gasteiger partial charge in [-0.25, -0.2) is 0 Å². The fraction of sp³-hybridized carbons (Fsp3) is 0.562. The summed E-state index contributed by atoms with van der Waals surface area (Å²) in [5.41, 5.74) is 1.80. The highest BCUT2D eigenvalue weighted by molar-refractivity contribution is 9.10. The predicted octanol–water partition coefficient (Wildman–Crippen LogP) is 3.54. The van der Waals surface area contributed by atoms with Gasteiger partial charge in [0.25, 0.3) is 0 Å². The largest absolute Gasteiger partial charge is 0.368 e. The van der Waals surface area contributed by atoms with E-state index in [0.29, 0.717) is 12.0 Å². The number of nitrogens with zero attached hydrogens (tertiary/aromatic N) is 2. The van der Waals surface area contributed by atoms with Gasteiger partial charge in [0.2, 0.25) is 0 Å². The summed E-state index contributed by atoms with van der Waals surface area (Å²) < 4.78 is 1.03. The SMILES string of the molecule is CC(C)N(CC1CCCNC1)c1cc(Br)ccc1C#N. The Hall–Kier alpha value is -1.05. The molecule has 3 nitrogen and oxygen atoms in total. The van der Waals surface area contributed by atoms with Crippen molar-refractivity contribution < 1.29 is 0 Å². The third-order valence-corrected chi connectivity index (χ3v) is 4.36. The first-order chi connectivity index (χ1) is 9.61. The summed E-state index contributed by atoms with van der Waals surface area (Å²) in [6.07, 6.45) is 2.52. The fourth-order valence-electron chi connectivity index (χ4n) is 2.78. The van der Waals surface area contributed by atoms with E-state index < -0.39 is 0 Å². The Morgan fingerprint density at radius 2 is 2.30 bits per heavy atom. The Labute approximate surface area is 130 Å². The third kappa shape index (κ3) is 3.74. The second-order valence-corrected chi connectivity index (χ2v) is 6.65. The van der Waals surface area contributed by atoms with Crippen LogP contribution in [0.1, 0.15) is 32.3 Å². The van der Waals surface area contributed by atoms with Crippen molar-refractivity contribution in [3.05, 3.63) is 28.2 Å². The van der Waals surface area contributed by atoms with Crippen LogP contribution in [0.3, 0.4) is 0 Å². The van der Waals surface area contributed by atoms with Crippen molar-refractivity contribution in [1.29, 1.82) is 5.26 Å². The maximum atomic E-state index is 9.34. The normalized spacial score (nSPS) is 18.9. The van der Waals surface area contributed by atoms with Gasteiger partial charge in [-0.15, -0.1) is 0 Å². The first kappa shape index (κ1) is 15.3. The summed E-state index contributed by atoms with van der Waals surface area (Å²) in [5, 5.41) is 12.8. The summed E-state index contributed by atoms with van der Waals surface area (Å²) in [7, 11) is 0. The van der Waals surface area contributed by atoms with Crippen LogP contribution in [0.4, 0.5) is 5.69 Å². The van der Waals surface area contributed by atoms with Crippen LogP contribution in [0.15, 0.2) is 22.7 Å². The zero-order valence-electron chi connectivity index (χ0n) is 12.2. The molecule has 0 saturated carbocycles. The van der Waals surface area contributed by atoms with Gasteiger partial charge in [-0.05, 0) is 63.9 Å². The van der Waals surface area contributed by atoms with Crippen molar-refractivity contribution in [2.24, 2.45) is 5.92 Å². The number of halogens is 1. The van der Waals surface area contributed by atoms with Gasteiger partial charge in [0.05, 0.1) is 11.3 Å². The van der Waals surface area contributed by atoms with Crippen LogP contribution in [0.2, 0.25) is 0 Å². The van der Waals surface area contributed by atoms with E-state index >= 15 is 0 Å². The van der Waals surface area contributed by atoms with Crippen LogP contribution < -0.4 is 10.2 Å². The Kier molecular flexibility index (Phi) is 5.45. The molecule has 2 rings (SSSR count). The van der Waals surface area contributed by atoms with Gasteiger partial charge in [-0.3, -0.25) is 0 Å². The molecule has 0 radical (unpaired) electrons. The topological polar surface area (TPSA) is 39.1 Å². The summed E-state index contributed by atoms with van der Waals surface area (Å²) in [6, 6.07) is 8.60. The van der Waals surface area contributed by atoms with E-state index in [2.05, 4.69) is 52.1 Å². The summed E-state index contributed by atoms with van der Waals surface area (Å²) in [6.45, 7) is 7.62. The lowest BCUT2D eigenvalue weighted by atomic mass is 9.97. The number of rotatable bonds is 4. The average molecular weight is 336 g/mol. The Bertz CT molecular complexity index is 487. The highest BCUT2D eigenvalue weighted by atomic mass is 79.9. The maximum absolute atomic E-state index is 9.34. The molecule has 0 aromatic heterocycles. The number of nitrogens with one attached hydrogen (secondary N) is 1. The highest BCUT2D eigenvalue weighted by Gasteiger charge is 2.21. The smallest absolute Gasteiger partial charge is 0.101 e. The molecule has 1 aromatic carbocycles. The quantitative estimate of drug-likeness (QED) is 0.914. The lowest BCUT2D eigenvalue weighted by molar-refractivity contribution is 0.371. The number of nitriles is 1. The molecule has 1 heterocycles. The first-order valence-corrected chi connectivity index (χ1v) is 8.08. The van der Waals surface area contributed by atoms with Gasteiger partial charge < -0.3 is 10.2 Å². The van der Waals surface area contributed by atoms with E-state index in [1.165, 1.54) is 12.8 Å². The second kappa shape index (κ2) is 7.10. The van der Waals surface area contributed by atoms with Gasteiger partial charge in [0.15, 0.2) is 0 Å². The molecule has 108 valence electrons. The van der Waals surface area contributed by atoms with Crippen molar-refractivity contribution in [3.63, 3.8) is 0 Å². The van der Waals surface area contributed by atoms with Crippen LogP contribution in [-0.4, -0.2) is 25.7 Å². The molecule has 4 heteroatoms. The molecule has 1 aliphatic heterocycles. The number of hydrogen-bond acceptors (Lipinski definition) is 3. The first-order valence-electron chi connectivity index (χ1n) is 7.29. The highest BCUT2D eigenvalue weighted by Crippen LogP contribution is 2.28. The lowest BCUT2D eigenvalue weighted by Gasteiger charge is -2.35. The molecule has 0 aliphatic carbocycles. The number of benzene rings is 1. The standard InChI is InChI=1S/C16H22BrN3/c1-12(2)20(11-13-4-3-7-19-10-13)16-8-15(17)6-5-14(16)9-18/h5-6,8,12-13,19H,3-4,7,10-11H2,1-2H3. The molecular formula is C16H22BrN3. The van der Waals surface area contributed by atoms with E-state index in [9.17, 15) is 5.26 Å². The van der Waals surface area contributed by atoms with E-state index in [-0.39, 0.29) is 0 Å². The van der Waals surface area contributed by atoms with Gasteiger partial charge in [-0.1, -0.05) is 15.9 Å². The number of anilines is 1. The number of hydrogen-bond donors (Lipinski definition) is 1. The predicted molar refractivity (Wildman–Crippen MR) is 86.9 cm³/mol. The second-order valence-electron chi connectivity index (χ2n) is 5.73. The summed E-state index contributed by atoms with van der Waals surface area (Å²) in [5.74, 6) is 0.664. The van der Waals surface area contributed by atoms with Crippen molar-refractivity contribution >= 4 is 21.6 Å². The van der Waals surface area contributed by atoms with Crippen molar-refractivity contribution in [3.8, 4) is 6.07 Å². The van der Waals surface area contributed by atoms with Gasteiger partial charge in [-0.2, -0.15) is 5.26 Å². The van der Waals surface area contributed by atoms with Gasteiger partial charge >= 0.3 is 0 Å². The van der Waals surface area contributed by atoms with Crippen LogP contribution >= 0.6 is 15.9 Å². The molecule has 0 bridgehead atoms. The minimum Gasteiger partial charge on any atom is -0.368 e. The molecule has 1 aromatic rings. The Morgan fingerprint density at radius 1 is 1.50 bits per heavy atom. The third-order valence-electron chi connectivity index (χ3n) is 3.87. The summed E-state index contributed by atoms with van der Waals surface area (Å²) in [4.78, 5) is 2.36. The number of piperidine rings is 1. The molecule has 1 saturated heterocycles. The minimum absolute atomic E-state index is 0.387. The lowest BCUT2D eigenvalue weighted by Crippen LogP contribution is -2.41. The van der Waals surface area contributed by atoms with Crippen LogP contribution in [0, 0.1) is 17.2 Å². The van der Waals surface area contributed by atoms with Gasteiger partial charge in [0.1, 0.15) is 6.07 Å². The summed E-state index contributed by atoms with van der Waals surface area (Å²) >= 11 is 3.52. The maximum Gasteiger partial charge on any atom is 0.101 e. The minimum atomic E-state index is 0.387. The zero-order valence-corrected chi connectivity index (χ0v) is 13.8. The van der Waals surface area contributed by atoms with E-state index in [1.54, 1.807) is 0 Å². The molecule has 0 amide bonds. The Balaban J connectivity index is 2.24. The molecule has 1 fully saturated rings. The van der Waals surface area contributed by atoms with Crippen LogP contribution in [0.25, 0.3) is 0 Å². The Morgan fingerprint density at radius 3 is 2.90 bits per heavy atom. The van der Waals surface area contributed by atoms with Crippen molar-refractivity contribution in [2.45, 2.75) is 32.7 Å². The molecule has 1 unspecified atom stereocenters. The van der Waals surface area contributed by atoms with Crippen LogP contribution in [0.5, 0.6) is 0 Å². The zero-order chi connectivity index (χ0) is 14.5. The fourth-order valence-corrected chi connectivity index (χ4v) is 3.13. The van der Waals surface area contributed by atoms with E-state index in [4.69, 9.17) is 0 Å². The molecule has 1 atom stereocenters. The average Bonchev–Trinajstić information content (AvgIpc) is 2.45. The molecule has 0 spiro atoms. The monoisotopic (exact) mass is 335 g/mol. The van der Waals surface area contributed by atoms with E-state index in [0.717, 1.165) is 35.4 Å². The molecule has 20 heavy (non-hydrogen) atoms. The van der Waals surface area contributed by atoms with Crippen molar-refractivity contribution in [1.82, 2.24) is 5.32 Å².